The number of nitrogens with one attached hydrogen (secondary N) is 5. The van der Waals surface area contributed by atoms with Crippen LogP contribution in [0.5, 0.6) is 0 Å². The number of likely N-dealkylation sites (tertiary alicyclic amines) is 1. The molecule has 0 aromatic carbocycles. The van der Waals surface area contributed by atoms with Gasteiger partial charge in [0.2, 0.25) is 0 Å². The van der Waals surface area contributed by atoms with Crippen LogP contribution in [0.3, 0.4) is 0 Å². The molecule has 0 spiro atoms. The lowest BCUT2D eigenvalue weighted by Crippen LogP contribution is -2.51. The van der Waals surface area contributed by atoms with Crippen molar-refractivity contribution in [2.45, 2.75) is 167 Å². The molecule has 8 aliphatic carbocycles. The minimum absolute atomic E-state index is 0.000122. The highest BCUT2D eigenvalue weighted by molar-refractivity contribution is 6.16. The Labute approximate surface area is 448 Å². The third kappa shape index (κ3) is 13.3. The Hall–Kier alpha value is -4.93. The molecule has 408 valence electrons. The number of amides is 4. The molecule has 10 aliphatic rings. The molecule has 2 atom stereocenters. The number of carbonyl (C=O) groups excluding carboxylic acids is 4. The summed E-state index contributed by atoms with van der Waals surface area (Å²) in [5.74, 6) is 5.72. The highest BCUT2D eigenvalue weighted by Crippen LogP contribution is 2.61. The number of carbonyl (C=O) groups is 4. The van der Waals surface area contributed by atoms with Crippen LogP contribution in [0.2, 0.25) is 0 Å². The van der Waals surface area contributed by atoms with Gasteiger partial charge in [0.15, 0.2) is 0 Å². The van der Waals surface area contributed by atoms with Crippen LogP contribution in [0.1, 0.15) is 164 Å². The van der Waals surface area contributed by atoms with Gasteiger partial charge in [0.1, 0.15) is 33.9 Å². The first-order valence-corrected chi connectivity index (χ1v) is 28.8. The van der Waals surface area contributed by atoms with Crippen LogP contribution >= 0.6 is 11.6 Å². The van der Waals surface area contributed by atoms with E-state index in [0.29, 0.717) is 34.6 Å². The van der Waals surface area contributed by atoms with E-state index in [9.17, 15) is 19.2 Å². The molecule has 10 fully saturated rings. The van der Waals surface area contributed by atoms with Crippen molar-refractivity contribution in [2.24, 2.45) is 46.3 Å². The van der Waals surface area contributed by atoms with Crippen LogP contribution in [0.25, 0.3) is 11.3 Å². The standard InChI is InChI=1S/C29H41N5O3.C20H24ClN3O.C9H18N2O2/c1-28(2,3)37-27(36)32-22-7-8-33(15-22)16-23-17-34-24(5-4-6-25(34)31-23)26(35)30-18-29-12-19-9-20(13-29)11-21(10-19)14-29;21-10-16-11-24-17(2-1-3-18(24)23-16)19(25)22-12-20-7-13-4-14(8-20)6-15(5-13)9-20;1-9(2,3)13-8(12)11-7-4-5-10-6-7/h4-6,17,19-22H,7-16,18H2,1-3H3,(H,30,35)(H,32,36);1-3,11,13-15H,4-10,12H2,(H,22,25);7,10H,4-6H2,1-3H3,(H,11,12)/t19?,20?,21?,22-,29?;;7-/m1.1/s1. The Morgan fingerprint density at radius 2 is 1.08 bits per heavy atom. The number of hydrogen-bond acceptors (Lipinski definition) is 10. The number of alkyl halides is 1. The molecular formula is C58H83ClN10O6. The molecule has 8 bridgehead atoms. The first-order valence-electron chi connectivity index (χ1n) is 28.2. The molecule has 5 N–H and O–H groups in total. The number of aromatic nitrogens is 4. The molecular weight excluding hydrogens is 968 g/mol. The van der Waals surface area contributed by atoms with Crippen molar-refractivity contribution in [3.8, 4) is 0 Å². The average Bonchev–Trinajstić information content (AvgIpc) is 4.17. The van der Waals surface area contributed by atoms with E-state index in [2.05, 4.69) is 36.5 Å². The third-order valence-corrected chi connectivity index (χ3v) is 17.7. The van der Waals surface area contributed by atoms with Crippen LogP contribution in [-0.4, -0.2) is 110 Å². The number of nitrogens with zero attached hydrogens (tertiary/aromatic N) is 5. The highest BCUT2D eigenvalue weighted by atomic mass is 35.5. The number of imidazole rings is 2. The quantitative estimate of drug-likeness (QED) is 0.0908. The summed E-state index contributed by atoms with van der Waals surface area (Å²) in [6, 6.07) is 11.7. The lowest BCUT2D eigenvalue weighted by atomic mass is 9.49. The van der Waals surface area contributed by atoms with Gasteiger partial charge in [0.25, 0.3) is 11.8 Å². The smallest absolute Gasteiger partial charge is 0.407 e. The summed E-state index contributed by atoms with van der Waals surface area (Å²) in [5.41, 5.74) is 4.35. The van der Waals surface area contributed by atoms with Gasteiger partial charge in [0, 0.05) is 63.7 Å². The maximum absolute atomic E-state index is 13.3. The van der Waals surface area contributed by atoms with E-state index in [4.69, 9.17) is 26.1 Å². The monoisotopic (exact) mass is 1050 g/mol. The first kappa shape index (κ1) is 53.5. The molecule has 17 heteroatoms. The number of pyridine rings is 2. The van der Waals surface area contributed by atoms with Crippen molar-refractivity contribution in [1.29, 1.82) is 0 Å². The molecule has 75 heavy (non-hydrogen) atoms. The molecule has 4 aromatic heterocycles. The van der Waals surface area contributed by atoms with Gasteiger partial charge in [-0.1, -0.05) is 12.1 Å². The molecule has 0 radical (unpaired) electrons. The predicted molar refractivity (Wildman–Crippen MR) is 290 cm³/mol. The van der Waals surface area contributed by atoms with Gasteiger partial charge >= 0.3 is 12.2 Å². The predicted octanol–water partition coefficient (Wildman–Crippen LogP) is 9.27. The molecule has 2 aliphatic heterocycles. The van der Waals surface area contributed by atoms with Gasteiger partial charge in [-0.3, -0.25) is 23.3 Å². The first-order chi connectivity index (χ1) is 35.7. The van der Waals surface area contributed by atoms with Crippen LogP contribution in [0.4, 0.5) is 9.59 Å². The van der Waals surface area contributed by atoms with Crippen LogP contribution in [0.15, 0.2) is 48.8 Å². The summed E-state index contributed by atoms with van der Waals surface area (Å²) in [6.45, 7) is 17.0. The molecule has 2 saturated heterocycles. The molecule has 4 amide bonds. The zero-order valence-corrected chi connectivity index (χ0v) is 46.1. The van der Waals surface area contributed by atoms with E-state index in [0.717, 1.165) is 110 Å². The second-order valence-corrected chi connectivity index (χ2v) is 26.5. The van der Waals surface area contributed by atoms with Crippen molar-refractivity contribution in [3.05, 3.63) is 71.6 Å². The number of fused-ring (bicyclic) bond motifs is 2. The molecule has 0 unspecified atom stereocenters. The number of rotatable bonds is 11. The summed E-state index contributed by atoms with van der Waals surface area (Å²) in [5, 5.41) is 15.5. The topological polar surface area (TPSA) is 185 Å². The van der Waals surface area contributed by atoms with Crippen LogP contribution in [0, 0.1) is 46.3 Å². The molecule has 4 aromatic rings. The second kappa shape index (κ2) is 21.8. The van der Waals surface area contributed by atoms with Gasteiger partial charge in [0.05, 0.1) is 17.3 Å². The van der Waals surface area contributed by atoms with E-state index < -0.39 is 11.2 Å². The Morgan fingerprint density at radius 3 is 1.51 bits per heavy atom. The average molecular weight is 1050 g/mol. The summed E-state index contributed by atoms with van der Waals surface area (Å²) in [6.07, 6.45) is 21.4. The second-order valence-electron chi connectivity index (χ2n) is 26.3. The number of hydrogen-bond donors (Lipinski definition) is 5. The Kier molecular flexibility index (Phi) is 15.6. The fourth-order valence-electron chi connectivity index (χ4n) is 15.4. The van der Waals surface area contributed by atoms with Gasteiger partial charge in [-0.2, -0.15) is 0 Å². The fourth-order valence-corrected chi connectivity index (χ4v) is 15.5. The van der Waals surface area contributed by atoms with E-state index >= 15 is 0 Å². The summed E-state index contributed by atoms with van der Waals surface area (Å²) < 4.78 is 14.3. The van der Waals surface area contributed by atoms with Gasteiger partial charge in [-0.05, 0) is 209 Å². The number of alkyl carbamates (subject to hydrolysis) is 2. The maximum atomic E-state index is 13.3. The highest BCUT2D eigenvalue weighted by Gasteiger charge is 2.52. The van der Waals surface area contributed by atoms with Crippen LogP contribution in [-0.2, 0) is 21.9 Å². The van der Waals surface area contributed by atoms with E-state index in [1.54, 1.807) is 0 Å². The lowest BCUT2D eigenvalue weighted by Gasteiger charge is -2.56. The molecule has 8 saturated carbocycles. The number of ether oxygens (including phenoxy) is 2. The van der Waals surface area contributed by atoms with Crippen LogP contribution < -0.4 is 26.6 Å². The van der Waals surface area contributed by atoms with Crippen molar-refractivity contribution >= 4 is 46.9 Å². The summed E-state index contributed by atoms with van der Waals surface area (Å²) in [7, 11) is 0. The minimum atomic E-state index is -0.502. The normalized spacial score (nSPS) is 30.3. The van der Waals surface area contributed by atoms with Gasteiger partial charge < -0.3 is 36.1 Å². The van der Waals surface area contributed by atoms with Crippen molar-refractivity contribution < 1.29 is 28.7 Å². The fraction of sp³-hybridized carbons (Fsp3) is 0.690. The van der Waals surface area contributed by atoms with E-state index in [-0.39, 0.29) is 36.1 Å². The minimum Gasteiger partial charge on any atom is -0.444 e. The van der Waals surface area contributed by atoms with E-state index in [1.165, 1.54) is 77.0 Å². The maximum Gasteiger partial charge on any atom is 0.407 e. The zero-order chi connectivity index (χ0) is 52.7. The Morgan fingerprint density at radius 1 is 0.640 bits per heavy atom. The van der Waals surface area contributed by atoms with E-state index in [1.807, 2.05) is 99.1 Å². The summed E-state index contributed by atoms with van der Waals surface area (Å²) in [4.78, 5) is 61.1. The molecule has 16 nitrogen and oxygen atoms in total. The Balaban J connectivity index is 0.000000145. The SMILES string of the molecule is CC(C)(C)OC(=O)N[C@@H]1CCN(Cc2cn3c(C(=O)NCC45CC6CC(CC(C6)C4)C5)cccc3n2)C1.CC(C)(C)OC(=O)N[C@@H]1CCNC1.O=C(NCC12CC3CC(CC(C3)C1)C2)c1cccc2nc(CCl)cn12. The van der Waals surface area contributed by atoms with Crippen molar-refractivity contribution in [3.63, 3.8) is 0 Å². The summed E-state index contributed by atoms with van der Waals surface area (Å²) >= 11 is 5.89. The van der Waals surface area contributed by atoms with Crippen molar-refractivity contribution in [2.75, 3.05) is 39.3 Å². The number of halogens is 1. The molecule has 14 rings (SSSR count). The third-order valence-electron chi connectivity index (χ3n) is 17.4. The Bertz CT molecular complexity index is 2630. The van der Waals surface area contributed by atoms with Gasteiger partial charge in [-0.15, -0.1) is 11.6 Å². The van der Waals surface area contributed by atoms with Gasteiger partial charge in [-0.25, -0.2) is 19.6 Å². The zero-order valence-electron chi connectivity index (χ0n) is 45.4. The lowest BCUT2D eigenvalue weighted by molar-refractivity contribution is -0.0504. The molecule has 6 heterocycles. The van der Waals surface area contributed by atoms with Crippen molar-refractivity contribution in [1.82, 2.24) is 50.3 Å². The largest absolute Gasteiger partial charge is 0.444 e.